The van der Waals surface area contributed by atoms with Gasteiger partial charge in [0.1, 0.15) is 6.54 Å². The van der Waals surface area contributed by atoms with E-state index in [-0.39, 0.29) is 24.4 Å². The largest absolute Gasteiger partial charge is 0.493 e. The van der Waals surface area contributed by atoms with E-state index in [1.807, 2.05) is 56.1 Å². The van der Waals surface area contributed by atoms with Gasteiger partial charge < -0.3 is 29.2 Å². The summed E-state index contributed by atoms with van der Waals surface area (Å²) in [7, 11) is 7.11. The van der Waals surface area contributed by atoms with Gasteiger partial charge in [0.15, 0.2) is 11.5 Å². The second-order valence-electron chi connectivity index (χ2n) is 10.7. The first kappa shape index (κ1) is 30.5. The molecule has 0 saturated heterocycles. The monoisotopic (exact) mass is 570 g/mol. The van der Waals surface area contributed by atoms with Gasteiger partial charge in [-0.2, -0.15) is 0 Å². The number of aromatic nitrogens is 1. The van der Waals surface area contributed by atoms with Gasteiger partial charge in [-0.05, 0) is 67.3 Å². The lowest BCUT2D eigenvalue weighted by Crippen LogP contribution is -2.46. The number of fused-ring (bicyclic) bond motifs is 1. The van der Waals surface area contributed by atoms with E-state index in [9.17, 15) is 9.59 Å². The SMILES string of the molecule is CCC(C)N(CC(=O)N(CCc1c[nH]c2ccccc12)Cc1ccc(N(C)C)cc1)C(=O)c1ccc(OC)c(OC)c1. The number of methoxy groups -OCH3 is 2. The maximum atomic E-state index is 14.0. The molecule has 8 heteroatoms. The molecule has 3 aromatic carbocycles. The molecular weight excluding hydrogens is 528 g/mol. The molecule has 1 atom stereocenters. The van der Waals surface area contributed by atoms with Crippen LogP contribution in [0.3, 0.4) is 0 Å². The minimum Gasteiger partial charge on any atom is -0.493 e. The van der Waals surface area contributed by atoms with Gasteiger partial charge in [0.2, 0.25) is 5.91 Å². The van der Waals surface area contributed by atoms with Crippen LogP contribution < -0.4 is 14.4 Å². The summed E-state index contributed by atoms with van der Waals surface area (Å²) in [5, 5.41) is 1.16. The fourth-order valence-electron chi connectivity index (χ4n) is 5.03. The molecule has 1 N–H and O–H groups in total. The highest BCUT2D eigenvalue weighted by atomic mass is 16.5. The molecule has 0 spiro atoms. The maximum Gasteiger partial charge on any atom is 0.254 e. The number of aromatic amines is 1. The highest BCUT2D eigenvalue weighted by molar-refractivity contribution is 5.97. The summed E-state index contributed by atoms with van der Waals surface area (Å²) in [6.07, 6.45) is 3.43. The number of anilines is 1. The predicted molar refractivity (Wildman–Crippen MR) is 169 cm³/mol. The molecule has 0 aliphatic rings. The summed E-state index contributed by atoms with van der Waals surface area (Å²) >= 11 is 0. The Labute approximate surface area is 248 Å². The van der Waals surface area contributed by atoms with Gasteiger partial charge in [-0.1, -0.05) is 37.3 Å². The zero-order valence-electron chi connectivity index (χ0n) is 25.5. The van der Waals surface area contributed by atoms with Crippen LogP contribution in [0.2, 0.25) is 0 Å². The van der Waals surface area contributed by atoms with Gasteiger partial charge in [-0.15, -0.1) is 0 Å². The van der Waals surface area contributed by atoms with E-state index in [1.54, 1.807) is 37.3 Å². The van der Waals surface area contributed by atoms with Crippen molar-refractivity contribution in [3.63, 3.8) is 0 Å². The van der Waals surface area contributed by atoms with E-state index < -0.39 is 0 Å². The average molecular weight is 571 g/mol. The van der Waals surface area contributed by atoms with Crippen LogP contribution in [0.25, 0.3) is 10.9 Å². The van der Waals surface area contributed by atoms with Crippen LogP contribution in [0.15, 0.2) is 72.9 Å². The number of H-pyrrole nitrogens is 1. The van der Waals surface area contributed by atoms with Gasteiger partial charge in [0.25, 0.3) is 5.91 Å². The zero-order chi connectivity index (χ0) is 30.2. The molecule has 0 saturated carbocycles. The number of ether oxygens (including phenoxy) is 2. The van der Waals surface area contributed by atoms with Crippen molar-refractivity contribution in [1.82, 2.24) is 14.8 Å². The van der Waals surface area contributed by atoms with E-state index in [0.29, 0.717) is 43.0 Å². The number of hydrogen-bond donors (Lipinski definition) is 1. The fourth-order valence-corrected chi connectivity index (χ4v) is 5.03. The topological polar surface area (TPSA) is 78.1 Å². The number of rotatable bonds is 13. The normalized spacial score (nSPS) is 11.7. The number of carbonyl (C=O) groups excluding carboxylic acids is 2. The molecule has 0 aliphatic heterocycles. The molecule has 4 rings (SSSR count). The zero-order valence-corrected chi connectivity index (χ0v) is 25.5. The Morgan fingerprint density at radius 3 is 2.31 bits per heavy atom. The lowest BCUT2D eigenvalue weighted by Gasteiger charge is -2.31. The number of benzene rings is 3. The van der Waals surface area contributed by atoms with Crippen LogP contribution in [-0.4, -0.2) is 74.0 Å². The number of para-hydroxylation sites is 1. The number of carbonyl (C=O) groups is 2. The average Bonchev–Trinajstić information content (AvgIpc) is 3.43. The molecule has 0 radical (unpaired) electrons. The van der Waals surface area contributed by atoms with E-state index in [4.69, 9.17) is 9.47 Å². The third-order valence-corrected chi connectivity index (χ3v) is 7.82. The lowest BCUT2D eigenvalue weighted by molar-refractivity contribution is -0.133. The molecule has 0 bridgehead atoms. The van der Waals surface area contributed by atoms with Crippen LogP contribution in [0.5, 0.6) is 11.5 Å². The van der Waals surface area contributed by atoms with Gasteiger partial charge in [-0.25, -0.2) is 0 Å². The second kappa shape index (κ2) is 13.9. The third-order valence-electron chi connectivity index (χ3n) is 7.82. The Kier molecular flexibility index (Phi) is 10.1. The Balaban J connectivity index is 1.59. The van der Waals surface area contributed by atoms with E-state index in [2.05, 4.69) is 41.4 Å². The Bertz CT molecular complexity index is 1500. The third kappa shape index (κ3) is 7.05. The molecule has 2 amide bonds. The predicted octanol–water partition coefficient (Wildman–Crippen LogP) is 5.76. The van der Waals surface area contributed by atoms with Crippen LogP contribution >= 0.6 is 0 Å². The van der Waals surface area contributed by atoms with E-state index in [0.717, 1.165) is 27.7 Å². The standard InChI is InChI=1S/C34H42N4O4/c1-7-24(2)38(34(40)26-14-17-31(41-5)32(20-26)42-6)23-33(39)37(22-25-12-15-28(16-13-25)36(3)4)19-18-27-21-35-30-11-9-8-10-29(27)30/h8-17,20-21,24,35H,7,18-19,22-23H2,1-6H3. The van der Waals surface area contributed by atoms with Crippen molar-refractivity contribution in [2.45, 2.75) is 39.3 Å². The number of hydrogen-bond acceptors (Lipinski definition) is 5. The molecule has 1 aromatic heterocycles. The van der Waals surface area contributed by atoms with Crippen molar-refractivity contribution < 1.29 is 19.1 Å². The number of nitrogens with zero attached hydrogens (tertiary/aromatic N) is 3. The fraction of sp³-hybridized carbons (Fsp3) is 0.353. The van der Waals surface area contributed by atoms with Crippen molar-refractivity contribution >= 4 is 28.4 Å². The smallest absolute Gasteiger partial charge is 0.254 e. The number of nitrogens with one attached hydrogen (secondary N) is 1. The Morgan fingerprint density at radius 1 is 0.929 bits per heavy atom. The van der Waals surface area contributed by atoms with E-state index in [1.165, 1.54) is 0 Å². The summed E-state index contributed by atoms with van der Waals surface area (Å²) in [4.78, 5) is 36.7. The lowest BCUT2D eigenvalue weighted by atomic mass is 10.1. The molecular formula is C34H42N4O4. The summed E-state index contributed by atoms with van der Waals surface area (Å²) < 4.78 is 10.8. The van der Waals surface area contributed by atoms with Gasteiger partial charge >= 0.3 is 0 Å². The highest BCUT2D eigenvalue weighted by Gasteiger charge is 2.27. The van der Waals surface area contributed by atoms with Crippen LogP contribution in [0.1, 0.15) is 41.8 Å². The highest BCUT2D eigenvalue weighted by Crippen LogP contribution is 2.28. The first-order chi connectivity index (χ1) is 20.2. The minimum atomic E-state index is -0.217. The summed E-state index contributed by atoms with van der Waals surface area (Å²) in [6, 6.07) is 21.4. The molecule has 222 valence electrons. The van der Waals surface area contributed by atoms with Crippen LogP contribution in [-0.2, 0) is 17.8 Å². The second-order valence-corrected chi connectivity index (χ2v) is 10.7. The van der Waals surface area contributed by atoms with Crippen molar-refractivity contribution in [3.05, 3.63) is 89.6 Å². The maximum absolute atomic E-state index is 14.0. The molecule has 42 heavy (non-hydrogen) atoms. The first-order valence-electron chi connectivity index (χ1n) is 14.4. The minimum absolute atomic E-state index is 0.0220. The molecule has 1 heterocycles. The van der Waals surface area contributed by atoms with Crippen LogP contribution in [0, 0.1) is 0 Å². The van der Waals surface area contributed by atoms with Crippen molar-refractivity contribution in [2.24, 2.45) is 0 Å². The summed E-state index contributed by atoms with van der Waals surface area (Å²) in [5.41, 5.74) is 4.82. The Morgan fingerprint density at radius 2 is 1.64 bits per heavy atom. The molecule has 0 aliphatic carbocycles. The van der Waals surface area contributed by atoms with Crippen molar-refractivity contribution in [3.8, 4) is 11.5 Å². The molecule has 0 fully saturated rings. The van der Waals surface area contributed by atoms with Crippen molar-refractivity contribution in [1.29, 1.82) is 0 Å². The number of amides is 2. The molecule has 4 aromatic rings. The van der Waals surface area contributed by atoms with Gasteiger partial charge in [0.05, 0.1) is 14.2 Å². The van der Waals surface area contributed by atoms with Crippen LogP contribution in [0.4, 0.5) is 5.69 Å². The summed E-state index contributed by atoms with van der Waals surface area (Å²) in [5.74, 6) is 0.704. The first-order valence-corrected chi connectivity index (χ1v) is 14.4. The van der Waals surface area contributed by atoms with E-state index >= 15 is 0 Å². The molecule has 8 nitrogen and oxygen atoms in total. The quantitative estimate of drug-likeness (QED) is 0.221. The Hall–Kier alpha value is -4.46. The summed E-state index contributed by atoms with van der Waals surface area (Å²) in [6.45, 7) is 4.95. The van der Waals surface area contributed by atoms with Gasteiger partial charge in [-0.3, -0.25) is 9.59 Å². The molecule has 1 unspecified atom stereocenters. The van der Waals surface area contributed by atoms with Crippen molar-refractivity contribution in [2.75, 3.05) is 46.3 Å². The van der Waals surface area contributed by atoms with Gasteiger partial charge in [0, 0.05) is 61.6 Å².